The van der Waals surface area contributed by atoms with Crippen molar-refractivity contribution in [1.82, 2.24) is 14.8 Å². The molecular weight excluding hydrogens is 140 g/mol. The lowest BCUT2D eigenvalue weighted by Crippen LogP contribution is -1.91. The fourth-order valence-corrected chi connectivity index (χ4v) is 1.07. The van der Waals surface area contributed by atoms with Gasteiger partial charge < -0.3 is 5.73 Å². The first-order valence-electron chi connectivity index (χ1n) is 3.30. The molecule has 0 atom stereocenters. The van der Waals surface area contributed by atoms with Gasteiger partial charge in [0.2, 0.25) is 0 Å². The summed E-state index contributed by atoms with van der Waals surface area (Å²) in [5.41, 5.74) is 6.48. The molecule has 0 saturated carbocycles. The van der Waals surface area contributed by atoms with Crippen molar-refractivity contribution < 1.29 is 0 Å². The van der Waals surface area contributed by atoms with Crippen molar-refractivity contribution >= 4 is 16.7 Å². The number of aromatic nitrogens is 3. The normalized spacial score (nSPS) is 10.6. The van der Waals surface area contributed by atoms with Gasteiger partial charge in [0.25, 0.3) is 0 Å². The van der Waals surface area contributed by atoms with Crippen LogP contribution in [0.5, 0.6) is 0 Å². The van der Waals surface area contributed by atoms with E-state index in [-0.39, 0.29) is 0 Å². The third-order valence-corrected chi connectivity index (χ3v) is 1.65. The molecule has 0 aliphatic heterocycles. The van der Waals surface area contributed by atoms with Gasteiger partial charge in [-0.3, -0.25) is 4.68 Å². The molecule has 0 amide bonds. The number of anilines is 1. The van der Waals surface area contributed by atoms with E-state index in [0.717, 1.165) is 10.9 Å². The predicted molar refractivity (Wildman–Crippen MR) is 42.9 cm³/mol. The van der Waals surface area contributed by atoms with Crippen molar-refractivity contribution in [2.45, 2.75) is 0 Å². The number of aryl methyl sites for hydroxylation is 1. The van der Waals surface area contributed by atoms with Crippen LogP contribution < -0.4 is 5.73 Å². The van der Waals surface area contributed by atoms with Crippen LogP contribution in [0.3, 0.4) is 0 Å². The number of nitrogens with zero attached hydrogens (tertiary/aromatic N) is 3. The minimum atomic E-state index is 0.533. The molecule has 0 bridgehead atoms. The summed E-state index contributed by atoms with van der Waals surface area (Å²) in [4.78, 5) is 3.96. The van der Waals surface area contributed by atoms with Crippen LogP contribution in [0, 0.1) is 0 Å². The van der Waals surface area contributed by atoms with Crippen molar-refractivity contribution in [3.63, 3.8) is 0 Å². The number of nitrogen functional groups attached to an aromatic ring is 1. The highest BCUT2D eigenvalue weighted by molar-refractivity contribution is 5.79. The molecule has 4 nitrogen and oxygen atoms in total. The number of pyridine rings is 1. The Morgan fingerprint density at radius 2 is 2.27 bits per heavy atom. The molecule has 2 aromatic rings. The molecule has 0 fully saturated rings. The van der Waals surface area contributed by atoms with Crippen LogP contribution in [0.2, 0.25) is 0 Å². The fourth-order valence-electron chi connectivity index (χ4n) is 1.07. The summed E-state index contributed by atoms with van der Waals surface area (Å²) in [7, 11) is 1.88. The zero-order valence-corrected chi connectivity index (χ0v) is 6.15. The molecule has 2 heterocycles. The SMILES string of the molecule is Cn1ncc2cc(N)ncc21. The van der Waals surface area contributed by atoms with Crippen LogP contribution in [0.4, 0.5) is 5.82 Å². The van der Waals surface area contributed by atoms with Gasteiger partial charge in [-0.15, -0.1) is 0 Å². The van der Waals surface area contributed by atoms with E-state index in [0.29, 0.717) is 5.82 Å². The van der Waals surface area contributed by atoms with E-state index in [2.05, 4.69) is 10.1 Å². The molecule has 4 heteroatoms. The largest absolute Gasteiger partial charge is 0.384 e. The van der Waals surface area contributed by atoms with Crippen molar-refractivity contribution in [1.29, 1.82) is 0 Å². The van der Waals surface area contributed by atoms with Crippen molar-refractivity contribution in [3.05, 3.63) is 18.5 Å². The summed E-state index contributed by atoms with van der Waals surface area (Å²) in [6.45, 7) is 0. The van der Waals surface area contributed by atoms with Crippen molar-refractivity contribution in [2.75, 3.05) is 5.73 Å². The topological polar surface area (TPSA) is 56.7 Å². The Morgan fingerprint density at radius 1 is 1.45 bits per heavy atom. The zero-order chi connectivity index (χ0) is 7.84. The quantitative estimate of drug-likeness (QED) is 0.593. The molecule has 56 valence electrons. The van der Waals surface area contributed by atoms with E-state index >= 15 is 0 Å². The monoisotopic (exact) mass is 148 g/mol. The van der Waals surface area contributed by atoms with Gasteiger partial charge in [-0.25, -0.2) is 4.98 Å². The number of nitrogens with two attached hydrogens (primary N) is 1. The molecule has 0 aromatic carbocycles. The van der Waals surface area contributed by atoms with Gasteiger partial charge in [-0.05, 0) is 6.07 Å². The van der Waals surface area contributed by atoms with Gasteiger partial charge in [0, 0.05) is 12.4 Å². The molecule has 2 N–H and O–H groups in total. The number of rotatable bonds is 0. The average Bonchev–Trinajstić information content (AvgIpc) is 2.32. The lowest BCUT2D eigenvalue weighted by Gasteiger charge is -1.93. The first-order valence-corrected chi connectivity index (χ1v) is 3.30. The van der Waals surface area contributed by atoms with Gasteiger partial charge in [0.15, 0.2) is 0 Å². The molecule has 0 saturated heterocycles. The second-order valence-electron chi connectivity index (χ2n) is 2.44. The van der Waals surface area contributed by atoms with Crippen LogP contribution >= 0.6 is 0 Å². The molecule has 11 heavy (non-hydrogen) atoms. The number of fused-ring (bicyclic) bond motifs is 1. The van der Waals surface area contributed by atoms with E-state index in [4.69, 9.17) is 5.73 Å². The van der Waals surface area contributed by atoms with Gasteiger partial charge in [0.1, 0.15) is 5.82 Å². The zero-order valence-electron chi connectivity index (χ0n) is 6.15. The number of hydrogen-bond donors (Lipinski definition) is 1. The third-order valence-electron chi connectivity index (χ3n) is 1.65. The van der Waals surface area contributed by atoms with E-state index in [9.17, 15) is 0 Å². The fraction of sp³-hybridized carbons (Fsp3) is 0.143. The highest BCUT2D eigenvalue weighted by Gasteiger charge is 1.98. The highest BCUT2D eigenvalue weighted by atomic mass is 15.2. The summed E-state index contributed by atoms with van der Waals surface area (Å²) in [6.07, 6.45) is 3.49. The maximum absolute atomic E-state index is 5.48. The molecule has 0 aliphatic rings. The van der Waals surface area contributed by atoms with E-state index < -0.39 is 0 Å². The molecule has 0 radical (unpaired) electrons. The van der Waals surface area contributed by atoms with E-state index in [1.54, 1.807) is 17.1 Å². The average molecular weight is 148 g/mol. The molecule has 0 spiro atoms. The highest BCUT2D eigenvalue weighted by Crippen LogP contribution is 2.12. The van der Waals surface area contributed by atoms with Gasteiger partial charge in [-0.1, -0.05) is 0 Å². The summed E-state index contributed by atoms with van der Waals surface area (Å²) in [6, 6.07) is 1.81. The Morgan fingerprint density at radius 3 is 3.09 bits per heavy atom. The van der Waals surface area contributed by atoms with Crippen molar-refractivity contribution in [2.24, 2.45) is 7.05 Å². The van der Waals surface area contributed by atoms with Crippen LogP contribution in [-0.2, 0) is 7.05 Å². The Balaban J connectivity index is 2.86. The van der Waals surface area contributed by atoms with Crippen LogP contribution in [0.1, 0.15) is 0 Å². The second kappa shape index (κ2) is 1.95. The summed E-state index contributed by atoms with van der Waals surface area (Å²) < 4.78 is 1.77. The van der Waals surface area contributed by atoms with Gasteiger partial charge in [-0.2, -0.15) is 5.10 Å². The second-order valence-corrected chi connectivity index (χ2v) is 2.44. The van der Waals surface area contributed by atoms with E-state index in [1.807, 2.05) is 13.1 Å². The Labute approximate surface area is 63.6 Å². The number of hydrogen-bond acceptors (Lipinski definition) is 3. The molecular formula is C7H8N4. The van der Waals surface area contributed by atoms with Crippen LogP contribution in [-0.4, -0.2) is 14.8 Å². The summed E-state index contributed by atoms with van der Waals surface area (Å²) in [5, 5.41) is 5.09. The molecule has 2 rings (SSSR count). The minimum Gasteiger partial charge on any atom is -0.384 e. The summed E-state index contributed by atoms with van der Waals surface area (Å²) in [5.74, 6) is 0.533. The maximum atomic E-state index is 5.48. The lowest BCUT2D eigenvalue weighted by molar-refractivity contribution is 0.795. The first kappa shape index (κ1) is 6.15. The van der Waals surface area contributed by atoms with E-state index in [1.165, 1.54) is 0 Å². The Bertz CT molecular complexity index is 390. The van der Waals surface area contributed by atoms with Crippen molar-refractivity contribution in [3.8, 4) is 0 Å². The van der Waals surface area contributed by atoms with Crippen LogP contribution in [0.25, 0.3) is 10.9 Å². The Kier molecular flexibility index (Phi) is 1.09. The van der Waals surface area contributed by atoms with Crippen LogP contribution in [0.15, 0.2) is 18.5 Å². The third kappa shape index (κ3) is 0.832. The lowest BCUT2D eigenvalue weighted by atomic mass is 10.3. The molecule has 2 aromatic heterocycles. The smallest absolute Gasteiger partial charge is 0.124 e. The first-order chi connectivity index (χ1) is 5.27. The molecule has 0 unspecified atom stereocenters. The standard InChI is InChI=1S/C7H8N4/c1-11-6-4-9-7(8)2-5(6)3-10-11/h2-4H,1H3,(H2,8,9). The van der Waals surface area contributed by atoms with Gasteiger partial charge >= 0.3 is 0 Å². The maximum Gasteiger partial charge on any atom is 0.124 e. The predicted octanol–water partition coefficient (Wildman–Crippen LogP) is 0.551. The minimum absolute atomic E-state index is 0.533. The van der Waals surface area contributed by atoms with Gasteiger partial charge in [0.05, 0.1) is 17.9 Å². The molecule has 0 aliphatic carbocycles. The Hall–Kier alpha value is -1.58. The summed E-state index contributed by atoms with van der Waals surface area (Å²) >= 11 is 0.